The summed E-state index contributed by atoms with van der Waals surface area (Å²) < 4.78 is 17.8. The summed E-state index contributed by atoms with van der Waals surface area (Å²) in [5, 5.41) is 19.0. The molecule has 2 aliphatic rings. The van der Waals surface area contributed by atoms with Gasteiger partial charge in [0, 0.05) is 51.2 Å². The molecule has 2 saturated heterocycles. The van der Waals surface area contributed by atoms with E-state index in [0.717, 1.165) is 48.5 Å². The smallest absolute Gasteiger partial charge is 0.412 e. The predicted octanol–water partition coefficient (Wildman–Crippen LogP) is 2.76. The maximum Gasteiger partial charge on any atom is 2.00 e. The predicted molar refractivity (Wildman–Crippen MR) is 198 cm³/mol. The molecule has 0 unspecified atom stereocenters. The molecule has 51 heavy (non-hydrogen) atoms. The van der Waals surface area contributed by atoms with Gasteiger partial charge in [0.15, 0.2) is 0 Å². The number of benzene rings is 2. The summed E-state index contributed by atoms with van der Waals surface area (Å²) in [4.78, 5) is 5.51. The Morgan fingerprint density at radius 1 is 0.412 bits per heavy atom. The zero-order valence-electron chi connectivity index (χ0n) is 28.4. The third-order valence-corrected chi connectivity index (χ3v) is 9.43. The molecule has 0 radical (unpaired) electrons. The summed E-state index contributed by atoms with van der Waals surface area (Å²) >= 11 is 0. The molecule has 2 aromatic carbocycles. The number of ether oxygens (including phenoxy) is 2. The Morgan fingerprint density at radius 2 is 0.745 bits per heavy atom. The van der Waals surface area contributed by atoms with E-state index in [-0.39, 0.29) is 17.1 Å². The van der Waals surface area contributed by atoms with E-state index >= 15 is 0 Å². The summed E-state index contributed by atoms with van der Waals surface area (Å²) in [6, 6.07) is 34.5. The molecule has 7 heterocycles. The number of hydrogen-bond donors (Lipinski definition) is 0. The molecular formula is C37H41B2FeN9O2. The van der Waals surface area contributed by atoms with Gasteiger partial charge in [-0.1, -0.05) is 90.0 Å². The molecule has 0 saturated carbocycles. The van der Waals surface area contributed by atoms with E-state index < -0.39 is 12.8 Å². The topological polar surface area (TPSA) is 103 Å². The first-order valence-electron chi connectivity index (χ1n) is 17.4. The van der Waals surface area contributed by atoms with Crippen LogP contribution >= 0.6 is 0 Å². The molecule has 2 aliphatic heterocycles. The van der Waals surface area contributed by atoms with Crippen molar-refractivity contribution in [2.45, 2.75) is 25.7 Å². The summed E-state index contributed by atoms with van der Waals surface area (Å²) in [5.74, 6) is 0. The van der Waals surface area contributed by atoms with E-state index in [1.807, 2.05) is 104 Å². The van der Waals surface area contributed by atoms with Gasteiger partial charge >= 0.3 is 17.1 Å². The van der Waals surface area contributed by atoms with Crippen LogP contribution in [0.2, 0.25) is 0 Å². The van der Waals surface area contributed by atoms with E-state index in [1.54, 1.807) is 24.8 Å². The first-order valence-corrected chi connectivity index (χ1v) is 17.4. The van der Waals surface area contributed by atoms with Crippen molar-refractivity contribution in [3.05, 3.63) is 153 Å². The largest absolute Gasteiger partial charge is 2.00 e. The van der Waals surface area contributed by atoms with Crippen LogP contribution in [0, 0.1) is 0 Å². The number of pyridine rings is 1. The van der Waals surface area contributed by atoms with Crippen LogP contribution in [0.25, 0.3) is 0 Å². The summed E-state index contributed by atoms with van der Waals surface area (Å²) in [5.41, 5.74) is 3.65. The van der Waals surface area contributed by atoms with Gasteiger partial charge < -0.3 is 32.8 Å². The van der Waals surface area contributed by atoms with E-state index in [4.69, 9.17) is 34.9 Å². The van der Waals surface area contributed by atoms with Crippen molar-refractivity contribution in [1.29, 1.82) is 0 Å². The Labute approximate surface area is 309 Å². The Balaban J connectivity index is 0.000000352. The van der Waals surface area contributed by atoms with Crippen molar-refractivity contribution in [3.8, 4) is 0 Å². The van der Waals surface area contributed by atoms with Crippen LogP contribution in [-0.2, 0) is 26.5 Å². The number of rotatable bonds is 8. The van der Waals surface area contributed by atoms with Gasteiger partial charge in [-0.25, -0.2) is 20.4 Å². The van der Waals surface area contributed by atoms with Gasteiger partial charge in [-0.15, -0.1) is 0 Å². The second kappa shape index (κ2) is 17.3. The summed E-state index contributed by atoms with van der Waals surface area (Å²) in [7, 11) is 0. The fourth-order valence-corrected chi connectivity index (χ4v) is 7.12. The fraction of sp³-hybridized carbons (Fsp3) is 0.216. The molecule has 0 bridgehead atoms. The molecule has 2 fully saturated rings. The van der Waals surface area contributed by atoms with Crippen molar-refractivity contribution >= 4 is 34.9 Å². The minimum atomic E-state index is -1.96. The molecule has 0 N–H and O–H groups in total. The van der Waals surface area contributed by atoms with E-state index in [9.17, 15) is 0 Å². The van der Waals surface area contributed by atoms with Crippen molar-refractivity contribution in [2.75, 3.05) is 26.4 Å². The Hall–Kier alpha value is -5.00. The summed E-state index contributed by atoms with van der Waals surface area (Å²) in [6.45, 7) is 4.00. The Kier molecular flexibility index (Phi) is 12.1. The first kappa shape index (κ1) is 35.8. The van der Waals surface area contributed by atoms with Crippen LogP contribution in [0.4, 0.5) is 0 Å². The fourth-order valence-electron chi connectivity index (χ4n) is 7.12. The molecule has 0 amide bonds. The molecule has 9 rings (SSSR count). The van der Waals surface area contributed by atoms with E-state index in [0.29, 0.717) is 0 Å². The van der Waals surface area contributed by atoms with Crippen LogP contribution in [0.3, 0.4) is 0 Å². The van der Waals surface area contributed by atoms with Gasteiger partial charge in [0.1, 0.15) is 0 Å². The molecule has 11 nitrogen and oxygen atoms in total. The van der Waals surface area contributed by atoms with E-state index in [1.165, 1.54) is 25.7 Å². The van der Waals surface area contributed by atoms with Gasteiger partial charge in [0.05, 0.1) is 0 Å². The van der Waals surface area contributed by atoms with Gasteiger partial charge in [-0.2, -0.15) is 10.9 Å². The Morgan fingerprint density at radius 3 is 1.00 bits per heavy atom. The van der Waals surface area contributed by atoms with Gasteiger partial charge in [0.25, 0.3) is 12.8 Å². The van der Waals surface area contributed by atoms with Gasteiger partial charge in [0.2, 0.25) is 0 Å². The third kappa shape index (κ3) is 7.27. The molecule has 0 aliphatic carbocycles. The SMILES string of the molecule is C1CCOC1.C1CCOC1.[Fe+2].c1ccc([B-](c2cccc([B-](c3ccccc3)(n3cccn3)n3cccn3)n2)(n2cccn2)n2cccn2)cc1. The van der Waals surface area contributed by atoms with E-state index in [2.05, 4.69) is 42.5 Å². The van der Waals surface area contributed by atoms with Crippen LogP contribution in [0.1, 0.15) is 25.7 Å². The zero-order valence-corrected chi connectivity index (χ0v) is 29.5. The van der Waals surface area contributed by atoms with Crippen LogP contribution in [-0.4, -0.2) is 83.0 Å². The zero-order chi connectivity index (χ0) is 33.9. The quantitative estimate of drug-likeness (QED) is 0.223. The van der Waals surface area contributed by atoms with Crippen LogP contribution in [0.5, 0.6) is 0 Å². The molecule has 7 aromatic rings. The number of hydrogen-bond acceptors (Lipinski definition) is 7. The minimum Gasteiger partial charge on any atom is -0.412 e. The Bertz CT molecular complexity index is 1750. The van der Waals surface area contributed by atoms with Crippen molar-refractivity contribution in [2.24, 2.45) is 0 Å². The van der Waals surface area contributed by atoms with Gasteiger partial charge in [-0.3, -0.25) is 0 Å². The van der Waals surface area contributed by atoms with Crippen molar-refractivity contribution in [3.63, 3.8) is 0 Å². The molecule has 14 heteroatoms. The number of aromatic nitrogens is 9. The molecule has 260 valence electrons. The normalized spacial score (nSPS) is 14.1. The second-order valence-electron chi connectivity index (χ2n) is 12.4. The standard InChI is InChI=1S/C29H25B2N9.2C4H8O.Fe/c1-3-12-26(13-4-1)30(37-22-8-18-32-37,38-23-9-19-33-38)28-16-7-17-29(36-28)31(39-24-10-20-34-39,40-25-11-21-35-40)27-14-5-2-6-15-27;2*1-2-4-5-3-1;/h1-25H;2*1-4H2;/q-2;;;+2. The molecule has 0 atom stereocenters. The first-order chi connectivity index (χ1) is 24.8. The third-order valence-electron chi connectivity index (χ3n) is 9.43. The minimum absolute atomic E-state index is 0. The van der Waals surface area contributed by atoms with Crippen LogP contribution < -0.4 is 22.1 Å². The average molecular weight is 721 g/mol. The maximum atomic E-state index is 5.51. The van der Waals surface area contributed by atoms with Crippen molar-refractivity contribution in [1.82, 2.24) is 43.7 Å². The monoisotopic (exact) mass is 721 g/mol. The number of nitrogens with zero attached hydrogens (tertiary/aromatic N) is 9. The van der Waals surface area contributed by atoms with Gasteiger partial charge in [-0.05, 0) is 74.7 Å². The summed E-state index contributed by atoms with van der Waals surface area (Å²) in [6.07, 6.45) is 16.2. The average Bonchev–Trinajstić information content (AvgIpc) is 4.03. The molecule has 0 spiro atoms. The second-order valence-corrected chi connectivity index (χ2v) is 12.4. The molecule has 5 aromatic heterocycles. The van der Waals surface area contributed by atoms with Crippen LogP contribution in [0.15, 0.2) is 153 Å². The molecular weight excluding hydrogens is 680 g/mol. The maximum absolute atomic E-state index is 5.51. The van der Waals surface area contributed by atoms with Crippen molar-refractivity contribution < 1.29 is 26.5 Å².